The topological polar surface area (TPSA) is 45.7 Å². The molecule has 0 N–H and O–H groups in total. The van der Waals surface area contributed by atoms with Crippen LogP contribution in [0.15, 0.2) is 36.2 Å². The number of amides is 1. The predicted octanol–water partition coefficient (Wildman–Crippen LogP) is 3.02. The Morgan fingerprint density at radius 2 is 2.30 bits per heavy atom. The van der Waals surface area contributed by atoms with Crippen LogP contribution in [0.4, 0.5) is 0 Å². The predicted molar refractivity (Wildman–Crippen MR) is 105 cm³/mol. The number of ether oxygens (including phenoxy) is 1. The van der Waals surface area contributed by atoms with Gasteiger partial charge in [-0.15, -0.1) is 0 Å². The summed E-state index contributed by atoms with van der Waals surface area (Å²) in [6.45, 7) is 4.33. The molecule has 1 amide bonds. The maximum Gasteiger partial charge on any atom is 0.249 e. The number of hydrogen-bond donors (Lipinski definition) is 0. The van der Waals surface area contributed by atoms with Crippen molar-refractivity contribution in [3.63, 3.8) is 0 Å². The minimum Gasteiger partial charge on any atom is -0.371 e. The molecule has 0 unspecified atom stereocenters. The van der Waals surface area contributed by atoms with Crippen LogP contribution in [-0.4, -0.2) is 59.6 Å². The lowest BCUT2D eigenvalue weighted by atomic mass is 9.82. The number of aromatic nitrogens is 1. The molecule has 0 bridgehead atoms. The molecule has 3 aliphatic rings. The molecule has 5 nitrogen and oxygen atoms in total. The highest BCUT2D eigenvalue weighted by Crippen LogP contribution is 2.37. The quantitative estimate of drug-likeness (QED) is 0.800. The summed E-state index contributed by atoms with van der Waals surface area (Å²) in [5.74, 6) is 0.824. The van der Waals surface area contributed by atoms with Crippen molar-refractivity contribution in [2.24, 2.45) is 5.92 Å². The van der Waals surface area contributed by atoms with Gasteiger partial charge in [-0.25, -0.2) is 0 Å². The molecule has 0 aromatic carbocycles. The summed E-state index contributed by atoms with van der Waals surface area (Å²) in [6.07, 6.45) is 12.5. The minimum atomic E-state index is -0.0662. The van der Waals surface area contributed by atoms with E-state index in [9.17, 15) is 4.79 Å². The second-order valence-electron chi connectivity index (χ2n) is 8.59. The van der Waals surface area contributed by atoms with Gasteiger partial charge >= 0.3 is 0 Å². The number of allylic oxidation sites excluding steroid dienone is 1. The molecule has 1 spiro atoms. The fraction of sp³-hybridized carbons (Fsp3) is 0.636. The van der Waals surface area contributed by atoms with E-state index in [1.54, 1.807) is 0 Å². The van der Waals surface area contributed by atoms with Gasteiger partial charge in [0.05, 0.1) is 19.7 Å². The first kappa shape index (κ1) is 18.6. The summed E-state index contributed by atoms with van der Waals surface area (Å²) in [5.41, 5.74) is 2.21. The molecule has 1 aromatic rings. The van der Waals surface area contributed by atoms with E-state index >= 15 is 0 Å². The van der Waals surface area contributed by atoms with Crippen molar-refractivity contribution in [3.8, 4) is 0 Å². The minimum absolute atomic E-state index is 0.0662. The first-order valence-electron chi connectivity index (χ1n) is 10.3. The van der Waals surface area contributed by atoms with Gasteiger partial charge in [0.25, 0.3) is 0 Å². The molecular weight excluding hydrogens is 338 g/mol. The molecule has 5 heteroatoms. The van der Waals surface area contributed by atoms with E-state index in [4.69, 9.17) is 4.74 Å². The zero-order chi connectivity index (χ0) is 18.7. The Balaban J connectivity index is 1.21. The molecule has 146 valence electrons. The largest absolute Gasteiger partial charge is 0.371 e. The Hall–Kier alpha value is -1.72. The normalized spacial score (nSPS) is 24.6. The molecule has 2 aliphatic heterocycles. The first-order valence-corrected chi connectivity index (χ1v) is 10.3. The molecule has 1 atom stereocenters. The summed E-state index contributed by atoms with van der Waals surface area (Å²) < 4.78 is 6.28. The third-order valence-electron chi connectivity index (χ3n) is 6.19. The Bertz CT molecular complexity index is 672. The van der Waals surface area contributed by atoms with Crippen LogP contribution in [0.2, 0.25) is 0 Å². The highest BCUT2D eigenvalue weighted by molar-refractivity contribution is 5.94. The lowest BCUT2D eigenvalue weighted by Gasteiger charge is -2.53. The maximum atomic E-state index is 12.6. The molecule has 1 aliphatic carbocycles. The zero-order valence-electron chi connectivity index (χ0n) is 16.4. The number of nitrogens with zero attached hydrogens (tertiary/aromatic N) is 3. The third kappa shape index (κ3) is 4.41. The number of pyridine rings is 1. The highest BCUT2D eigenvalue weighted by atomic mass is 16.5. The molecule has 2 fully saturated rings. The van der Waals surface area contributed by atoms with Gasteiger partial charge < -0.3 is 14.5 Å². The van der Waals surface area contributed by atoms with Crippen LogP contribution in [0.3, 0.4) is 0 Å². The second kappa shape index (κ2) is 8.11. The molecule has 0 saturated carbocycles. The highest BCUT2D eigenvalue weighted by Gasteiger charge is 2.48. The van der Waals surface area contributed by atoms with Crippen LogP contribution in [0.25, 0.3) is 0 Å². The Morgan fingerprint density at radius 1 is 1.41 bits per heavy atom. The Labute approximate surface area is 162 Å². The third-order valence-corrected chi connectivity index (χ3v) is 6.19. The first-order chi connectivity index (χ1) is 13.1. The van der Waals surface area contributed by atoms with E-state index in [-0.39, 0.29) is 11.5 Å². The number of likely N-dealkylation sites (tertiary alicyclic amines) is 1. The van der Waals surface area contributed by atoms with Crippen molar-refractivity contribution in [2.45, 2.75) is 50.7 Å². The molecular formula is C22H31N3O2. The van der Waals surface area contributed by atoms with E-state index < -0.39 is 0 Å². The van der Waals surface area contributed by atoms with Crippen molar-refractivity contribution < 1.29 is 9.53 Å². The number of carbonyl (C=O) groups excluding carboxylic acids is 1. The molecule has 2 saturated heterocycles. The molecule has 4 rings (SSSR count). The van der Waals surface area contributed by atoms with E-state index in [1.807, 2.05) is 23.4 Å². The number of hydrogen-bond acceptors (Lipinski definition) is 4. The fourth-order valence-electron chi connectivity index (χ4n) is 4.65. The summed E-state index contributed by atoms with van der Waals surface area (Å²) >= 11 is 0. The summed E-state index contributed by atoms with van der Waals surface area (Å²) in [7, 11) is 2.17. The molecule has 27 heavy (non-hydrogen) atoms. The smallest absolute Gasteiger partial charge is 0.249 e. The van der Waals surface area contributed by atoms with Gasteiger partial charge in [0.1, 0.15) is 5.60 Å². The lowest BCUT2D eigenvalue weighted by molar-refractivity contribution is -0.187. The van der Waals surface area contributed by atoms with Crippen molar-refractivity contribution in [2.75, 3.05) is 33.3 Å². The average Bonchev–Trinajstić information content (AvgIpc) is 2.68. The van der Waals surface area contributed by atoms with Crippen LogP contribution in [0.1, 0.15) is 44.1 Å². The fourth-order valence-corrected chi connectivity index (χ4v) is 4.65. The van der Waals surface area contributed by atoms with Gasteiger partial charge in [0.15, 0.2) is 0 Å². The summed E-state index contributed by atoms with van der Waals surface area (Å²) in [5, 5.41) is 0. The number of carbonyl (C=O) groups is 1. The second-order valence-corrected chi connectivity index (χ2v) is 8.59. The Kier molecular flexibility index (Phi) is 5.60. The van der Waals surface area contributed by atoms with E-state index in [0.717, 1.165) is 64.0 Å². The van der Waals surface area contributed by atoms with E-state index in [1.165, 1.54) is 18.4 Å². The van der Waals surface area contributed by atoms with Crippen molar-refractivity contribution in [1.29, 1.82) is 0 Å². The molecule has 1 aromatic heterocycles. The van der Waals surface area contributed by atoms with E-state index in [0.29, 0.717) is 5.92 Å². The average molecular weight is 370 g/mol. The van der Waals surface area contributed by atoms with Crippen LogP contribution in [0, 0.1) is 5.92 Å². The van der Waals surface area contributed by atoms with Gasteiger partial charge in [-0.2, -0.15) is 0 Å². The monoisotopic (exact) mass is 369 g/mol. The maximum absolute atomic E-state index is 12.6. The molecule has 0 radical (unpaired) electrons. The summed E-state index contributed by atoms with van der Waals surface area (Å²) in [6, 6.07) is 4.11. The number of rotatable bonds is 5. The van der Waals surface area contributed by atoms with E-state index in [2.05, 4.69) is 29.1 Å². The SMILES string of the molecule is CN(Cc1cccnc1)C[C@@H]1CCC2(CN(C(=O)C3=CCCCC3)C2)OC1. The zero-order valence-corrected chi connectivity index (χ0v) is 16.4. The van der Waals surface area contributed by atoms with Crippen LogP contribution in [0.5, 0.6) is 0 Å². The van der Waals surface area contributed by atoms with Gasteiger partial charge in [-0.3, -0.25) is 9.78 Å². The van der Waals surface area contributed by atoms with Crippen molar-refractivity contribution in [1.82, 2.24) is 14.8 Å². The lowest BCUT2D eigenvalue weighted by Crippen LogP contribution is -2.66. The summed E-state index contributed by atoms with van der Waals surface area (Å²) in [4.78, 5) is 21.1. The van der Waals surface area contributed by atoms with Gasteiger partial charge in [0, 0.05) is 31.1 Å². The van der Waals surface area contributed by atoms with Crippen molar-refractivity contribution in [3.05, 3.63) is 41.7 Å². The van der Waals surface area contributed by atoms with Gasteiger partial charge in [-0.05, 0) is 63.1 Å². The van der Waals surface area contributed by atoms with Crippen LogP contribution >= 0.6 is 0 Å². The van der Waals surface area contributed by atoms with Gasteiger partial charge in [0.2, 0.25) is 5.91 Å². The standard InChI is InChI=1S/C22H31N3O2/c1-24(13-18-6-5-11-23-12-18)14-19-9-10-22(27-15-19)16-25(17-22)21(26)20-7-3-2-4-8-20/h5-7,11-12,19H,2-4,8-10,13-17H2,1H3/t19-/m0/s1. The molecule has 3 heterocycles. The van der Waals surface area contributed by atoms with Crippen LogP contribution < -0.4 is 0 Å². The van der Waals surface area contributed by atoms with Gasteiger partial charge in [-0.1, -0.05) is 12.1 Å². The Morgan fingerprint density at radius 3 is 2.96 bits per heavy atom. The van der Waals surface area contributed by atoms with Crippen molar-refractivity contribution >= 4 is 5.91 Å². The van der Waals surface area contributed by atoms with Crippen LogP contribution in [-0.2, 0) is 16.1 Å².